The molecule has 214 valence electrons. The summed E-state index contributed by atoms with van der Waals surface area (Å²) in [5.41, 5.74) is 0.963. The van der Waals surface area contributed by atoms with E-state index in [1.807, 2.05) is 0 Å². The van der Waals surface area contributed by atoms with E-state index < -0.39 is 16.1 Å². The number of carbonyl (C=O) groups excluding carboxylic acids is 2. The molecule has 1 aliphatic carbocycles. The maximum Gasteiger partial charge on any atom is 0.242 e. The van der Waals surface area contributed by atoms with Crippen LogP contribution in [0.1, 0.15) is 57.4 Å². The van der Waals surface area contributed by atoms with E-state index in [-0.39, 0.29) is 54.5 Å². The topological polar surface area (TPSA) is 86.8 Å². The Morgan fingerprint density at radius 1 is 0.974 bits per heavy atom. The number of nitrogens with zero attached hydrogens (tertiary/aromatic N) is 2. The normalized spacial score (nSPS) is 15.0. The van der Waals surface area contributed by atoms with Gasteiger partial charge >= 0.3 is 0 Å². The van der Waals surface area contributed by atoms with Gasteiger partial charge in [-0.3, -0.25) is 13.9 Å². The van der Waals surface area contributed by atoms with Gasteiger partial charge in [-0.25, -0.2) is 8.42 Å². The molecule has 2 amide bonds. The van der Waals surface area contributed by atoms with E-state index in [1.165, 1.54) is 17.0 Å². The highest BCUT2D eigenvalue weighted by Gasteiger charge is 2.29. The summed E-state index contributed by atoms with van der Waals surface area (Å²) in [6.45, 7) is 1.85. The van der Waals surface area contributed by atoms with Crippen LogP contribution in [0, 0.1) is 0 Å². The highest BCUT2D eigenvalue weighted by Crippen LogP contribution is 2.31. The summed E-state index contributed by atoms with van der Waals surface area (Å²) < 4.78 is 26.2. The lowest BCUT2D eigenvalue weighted by Gasteiger charge is -2.31. The Bertz CT molecular complexity index is 1290. The van der Waals surface area contributed by atoms with Gasteiger partial charge < -0.3 is 10.2 Å². The molecule has 0 radical (unpaired) electrons. The van der Waals surface area contributed by atoms with Crippen LogP contribution in [-0.2, 0) is 26.2 Å². The van der Waals surface area contributed by atoms with Gasteiger partial charge in [-0.05, 0) is 62.1 Å². The number of hydrogen-bond donors (Lipinski definition) is 1. The molecule has 1 atom stereocenters. The highest BCUT2D eigenvalue weighted by molar-refractivity contribution is 7.92. The average Bonchev–Trinajstić information content (AvgIpc) is 2.88. The first-order chi connectivity index (χ1) is 18.4. The number of rotatable bonds is 11. The number of benzene rings is 2. The largest absolute Gasteiger partial charge is 0.352 e. The Morgan fingerprint density at radius 3 is 2.28 bits per heavy atom. The fourth-order valence-corrected chi connectivity index (χ4v) is 6.37. The van der Waals surface area contributed by atoms with Gasteiger partial charge in [0.2, 0.25) is 21.8 Å². The molecule has 1 N–H and O–H groups in total. The Hall–Kier alpha value is -1.71. The Balaban J connectivity index is 1.76. The van der Waals surface area contributed by atoms with Crippen molar-refractivity contribution in [3.8, 4) is 0 Å². The Morgan fingerprint density at radius 2 is 1.64 bits per heavy atom. The standard InChI is InChI=1S/C27H33Cl4N3O4S/c1-18(27(36)32-21-7-4-3-5-8-21)33(17-19-10-12-22(29)24(31)15-19)26(35)9-6-14-34(39(2,37)38)25-16-20(28)11-13-23(25)30/h10-13,15-16,18,21H,3-9,14,17H2,1-2H3,(H,32,36). The van der Waals surface area contributed by atoms with E-state index >= 15 is 0 Å². The van der Waals surface area contributed by atoms with E-state index in [2.05, 4.69) is 5.32 Å². The van der Waals surface area contributed by atoms with Gasteiger partial charge in [-0.1, -0.05) is 71.7 Å². The van der Waals surface area contributed by atoms with Crippen molar-refractivity contribution in [1.29, 1.82) is 0 Å². The summed E-state index contributed by atoms with van der Waals surface area (Å²) in [6.07, 6.45) is 6.42. The molecule has 12 heteroatoms. The minimum Gasteiger partial charge on any atom is -0.352 e. The molecule has 2 aromatic carbocycles. The predicted octanol–water partition coefficient (Wildman–Crippen LogP) is 6.71. The summed E-state index contributed by atoms with van der Waals surface area (Å²) in [5.74, 6) is -0.517. The lowest BCUT2D eigenvalue weighted by atomic mass is 9.95. The van der Waals surface area contributed by atoms with Gasteiger partial charge in [-0.15, -0.1) is 0 Å². The summed E-state index contributed by atoms with van der Waals surface area (Å²) in [6, 6.07) is 8.99. The minimum atomic E-state index is -3.70. The van der Waals surface area contributed by atoms with Crippen molar-refractivity contribution in [3.05, 3.63) is 62.1 Å². The van der Waals surface area contributed by atoms with Crippen LogP contribution in [0.25, 0.3) is 0 Å². The molecule has 0 aliphatic heterocycles. The molecule has 7 nitrogen and oxygen atoms in total. The van der Waals surface area contributed by atoms with E-state index in [0.717, 1.165) is 48.2 Å². The molecule has 2 aromatic rings. The van der Waals surface area contributed by atoms with E-state index in [4.69, 9.17) is 46.4 Å². The van der Waals surface area contributed by atoms with Crippen LogP contribution in [0.3, 0.4) is 0 Å². The lowest BCUT2D eigenvalue weighted by molar-refractivity contribution is -0.141. The molecular weight excluding hydrogens is 604 g/mol. The van der Waals surface area contributed by atoms with Crippen molar-refractivity contribution >= 4 is 73.9 Å². The molecule has 1 saturated carbocycles. The number of amides is 2. The molecule has 0 bridgehead atoms. The van der Waals surface area contributed by atoms with Crippen LogP contribution in [0.2, 0.25) is 20.1 Å². The molecule has 1 unspecified atom stereocenters. The van der Waals surface area contributed by atoms with Crippen LogP contribution < -0.4 is 9.62 Å². The highest BCUT2D eigenvalue weighted by atomic mass is 35.5. The molecule has 1 aliphatic rings. The van der Waals surface area contributed by atoms with E-state index in [1.54, 1.807) is 31.2 Å². The molecule has 0 spiro atoms. The van der Waals surface area contributed by atoms with Gasteiger partial charge in [0.1, 0.15) is 6.04 Å². The fraction of sp³-hybridized carbons (Fsp3) is 0.481. The number of nitrogens with one attached hydrogen (secondary N) is 1. The summed E-state index contributed by atoms with van der Waals surface area (Å²) >= 11 is 24.6. The zero-order chi connectivity index (χ0) is 28.7. The summed E-state index contributed by atoms with van der Waals surface area (Å²) in [7, 11) is -3.70. The number of anilines is 1. The number of sulfonamides is 1. The zero-order valence-corrected chi connectivity index (χ0v) is 25.8. The molecule has 0 heterocycles. The number of halogens is 4. The molecule has 1 fully saturated rings. The maximum absolute atomic E-state index is 13.5. The van der Waals surface area contributed by atoms with Crippen molar-refractivity contribution < 1.29 is 18.0 Å². The third-order valence-electron chi connectivity index (χ3n) is 6.78. The third-order valence-corrected chi connectivity index (χ3v) is 9.26. The van der Waals surface area contributed by atoms with Crippen molar-refractivity contribution in [2.24, 2.45) is 0 Å². The fourth-order valence-electron chi connectivity index (χ4n) is 4.65. The Labute approximate surface area is 250 Å². The first-order valence-electron chi connectivity index (χ1n) is 12.8. The van der Waals surface area contributed by atoms with Crippen molar-refractivity contribution in [1.82, 2.24) is 10.2 Å². The van der Waals surface area contributed by atoms with E-state index in [0.29, 0.717) is 15.1 Å². The van der Waals surface area contributed by atoms with Crippen LogP contribution >= 0.6 is 46.4 Å². The SMILES string of the molecule is CC(C(=O)NC1CCCCC1)N(Cc1ccc(Cl)c(Cl)c1)C(=O)CCCN(c1cc(Cl)ccc1Cl)S(C)(=O)=O. The maximum atomic E-state index is 13.5. The van der Waals surface area contributed by atoms with E-state index in [9.17, 15) is 18.0 Å². The monoisotopic (exact) mass is 635 g/mol. The second kappa shape index (κ2) is 14.3. The molecular formula is C27H33Cl4N3O4S. The third kappa shape index (κ3) is 9.15. The first-order valence-corrected chi connectivity index (χ1v) is 16.2. The van der Waals surface area contributed by atoms with Gasteiger partial charge in [-0.2, -0.15) is 0 Å². The van der Waals surface area contributed by atoms with Crippen molar-refractivity contribution in [2.75, 3.05) is 17.1 Å². The summed E-state index contributed by atoms with van der Waals surface area (Å²) in [4.78, 5) is 28.2. The van der Waals surface area contributed by atoms with Gasteiger partial charge in [0, 0.05) is 30.6 Å². The van der Waals surface area contributed by atoms with Crippen molar-refractivity contribution in [3.63, 3.8) is 0 Å². The quantitative estimate of drug-likeness (QED) is 0.297. The van der Waals surface area contributed by atoms with Crippen LogP contribution in [-0.4, -0.2) is 50.0 Å². The Kier molecular flexibility index (Phi) is 11.6. The molecule has 39 heavy (non-hydrogen) atoms. The number of hydrogen-bond acceptors (Lipinski definition) is 4. The van der Waals surface area contributed by atoms with Gasteiger partial charge in [0.05, 0.1) is 27.0 Å². The smallest absolute Gasteiger partial charge is 0.242 e. The minimum absolute atomic E-state index is 0.00652. The van der Waals surface area contributed by atoms with Crippen LogP contribution in [0.5, 0.6) is 0 Å². The number of carbonyl (C=O) groups is 2. The first kappa shape index (κ1) is 31.8. The molecule has 0 saturated heterocycles. The van der Waals surface area contributed by atoms with Gasteiger partial charge in [0.25, 0.3) is 0 Å². The lowest BCUT2D eigenvalue weighted by Crippen LogP contribution is -2.50. The second-order valence-electron chi connectivity index (χ2n) is 9.82. The van der Waals surface area contributed by atoms with Gasteiger partial charge in [0.15, 0.2) is 0 Å². The zero-order valence-electron chi connectivity index (χ0n) is 21.9. The molecule has 0 aromatic heterocycles. The predicted molar refractivity (Wildman–Crippen MR) is 159 cm³/mol. The average molecular weight is 637 g/mol. The van der Waals surface area contributed by atoms with Crippen LogP contribution in [0.15, 0.2) is 36.4 Å². The van der Waals surface area contributed by atoms with Crippen LogP contribution in [0.4, 0.5) is 5.69 Å². The molecule has 3 rings (SSSR count). The summed E-state index contributed by atoms with van der Waals surface area (Å²) in [5, 5.41) is 4.40. The van der Waals surface area contributed by atoms with Crippen molar-refractivity contribution in [2.45, 2.75) is 70.5 Å². The second-order valence-corrected chi connectivity index (χ2v) is 13.4.